The largest absolute Gasteiger partial charge is 0.494 e. The van der Waals surface area contributed by atoms with Crippen LogP contribution in [-0.4, -0.2) is 42.8 Å². The molecule has 41 heavy (non-hydrogen) atoms. The van der Waals surface area contributed by atoms with Crippen molar-refractivity contribution in [1.29, 1.82) is 0 Å². The van der Waals surface area contributed by atoms with Gasteiger partial charge in [-0.25, -0.2) is 4.98 Å². The standard InChI is InChI=1S/C33H34N4O4/c1-33(2,3)20-16-26(31(39)36-21-11-12-21)30(41-5)27(17-20)37-32(40)29(38)25-14-13-22(23-8-6-7-9-24(23)25)19-10-15-28(34-4)35-18-19/h6-10,13-18,21H,11-12H2,1-5H3,(H,34,35)(H,36,39)(H,37,40). The molecule has 2 amide bonds. The second-order valence-corrected chi connectivity index (χ2v) is 11.3. The van der Waals surface area contributed by atoms with E-state index in [1.165, 1.54) is 7.11 Å². The number of nitrogens with one attached hydrogen (secondary N) is 3. The number of amides is 2. The first-order chi connectivity index (χ1) is 19.6. The molecule has 1 aliphatic carbocycles. The minimum Gasteiger partial charge on any atom is -0.494 e. The zero-order valence-corrected chi connectivity index (χ0v) is 23.9. The van der Waals surface area contributed by atoms with E-state index in [9.17, 15) is 14.4 Å². The summed E-state index contributed by atoms with van der Waals surface area (Å²) in [6.45, 7) is 6.05. The Morgan fingerprint density at radius 2 is 1.66 bits per heavy atom. The van der Waals surface area contributed by atoms with Crippen molar-refractivity contribution in [3.63, 3.8) is 0 Å². The van der Waals surface area contributed by atoms with Crippen molar-refractivity contribution in [1.82, 2.24) is 10.3 Å². The number of hydrogen-bond donors (Lipinski definition) is 3. The van der Waals surface area contributed by atoms with Gasteiger partial charge in [0.05, 0.1) is 18.4 Å². The highest BCUT2D eigenvalue weighted by Gasteiger charge is 2.29. The van der Waals surface area contributed by atoms with Crippen LogP contribution in [0.4, 0.5) is 11.5 Å². The third-order valence-electron chi connectivity index (χ3n) is 7.27. The fourth-order valence-corrected chi connectivity index (χ4v) is 4.79. The van der Waals surface area contributed by atoms with Crippen molar-refractivity contribution in [2.24, 2.45) is 0 Å². The first-order valence-corrected chi connectivity index (χ1v) is 13.7. The number of ketones is 1. The molecule has 0 aliphatic heterocycles. The minimum atomic E-state index is -0.819. The molecule has 0 unspecified atom stereocenters. The first kappa shape index (κ1) is 27.8. The van der Waals surface area contributed by atoms with Crippen molar-refractivity contribution in [2.45, 2.75) is 45.1 Å². The summed E-state index contributed by atoms with van der Waals surface area (Å²) >= 11 is 0. The molecule has 3 N–H and O–H groups in total. The lowest BCUT2D eigenvalue weighted by atomic mass is 9.85. The summed E-state index contributed by atoms with van der Waals surface area (Å²) in [6.07, 6.45) is 3.65. The van der Waals surface area contributed by atoms with E-state index in [1.807, 2.05) is 70.3 Å². The van der Waals surface area contributed by atoms with E-state index < -0.39 is 11.7 Å². The number of nitrogens with zero attached hydrogens (tertiary/aromatic N) is 1. The summed E-state index contributed by atoms with van der Waals surface area (Å²) in [5.41, 5.74) is 3.17. The molecule has 4 aromatic rings. The molecule has 0 radical (unpaired) electrons. The van der Waals surface area contributed by atoms with E-state index in [1.54, 1.807) is 24.4 Å². The maximum Gasteiger partial charge on any atom is 0.296 e. The summed E-state index contributed by atoms with van der Waals surface area (Å²) in [5, 5.41) is 10.2. The molecule has 1 aromatic heterocycles. The van der Waals surface area contributed by atoms with Gasteiger partial charge in [-0.15, -0.1) is 0 Å². The van der Waals surface area contributed by atoms with Crippen LogP contribution in [0.2, 0.25) is 0 Å². The monoisotopic (exact) mass is 550 g/mol. The number of Topliss-reactive ketones (excluding diaryl/α,β-unsaturated/α-hetero) is 1. The number of fused-ring (bicyclic) bond motifs is 1. The molecule has 8 heteroatoms. The fourth-order valence-electron chi connectivity index (χ4n) is 4.79. The molecule has 8 nitrogen and oxygen atoms in total. The van der Waals surface area contributed by atoms with Crippen LogP contribution in [0.5, 0.6) is 5.75 Å². The Kier molecular flexibility index (Phi) is 7.49. The van der Waals surface area contributed by atoms with Crippen molar-refractivity contribution >= 4 is 39.9 Å². The van der Waals surface area contributed by atoms with Crippen LogP contribution in [0, 0.1) is 0 Å². The molecule has 1 heterocycles. The third-order valence-corrected chi connectivity index (χ3v) is 7.27. The molecule has 210 valence electrons. The lowest BCUT2D eigenvalue weighted by Crippen LogP contribution is -2.28. The van der Waals surface area contributed by atoms with Crippen molar-refractivity contribution in [3.8, 4) is 16.9 Å². The molecule has 0 spiro atoms. The van der Waals surface area contributed by atoms with E-state index in [0.29, 0.717) is 10.9 Å². The van der Waals surface area contributed by atoms with Crippen LogP contribution < -0.4 is 20.7 Å². The summed E-state index contributed by atoms with van der Waals surface area (Å²) in [6, 6.07) is 18.5. The summed E-state index contributed by atoms with van der Waals surface area (Å²) in [7, 11) is 3.25. The fraction of sp³-hybridized carbons (Fsp3) is 0.273. The number of aromatic nitrogens is 1. The van der Waals surface area contributed by atoms with Gasteiger partial charge in [-0.05, 0) is 70.5 Å². The molecular formula is C33H34N4O4. The zero-order valence-electron chi connectivity index (χ0n) is 23.9. The number of carbonyl (C=O) groups excluding carboxylic acids is 3. The topological polar surface area (TPSA) is 109 Å². The number of anilines is 2. The molecule has 1 aliphatic rings. The Hall–Kier alpha value is -4.72. The Bertz CT molecular complexity index is 1650. The zero-order chi connectivity index (χ0) is 29.3. The van der Waals surface area contributed by atoms with E-state index in [-0.39, 0.29) is 34.4 Å². The highest BCUT2D eigenvalue weighted by atomic mass is 16.5. The predicted molar refractivity (Wildman–Crippen MR) is 162 cm³/mol. The molecule has 1 saturated carbocycles. The Morgan fingerprint density at radius 3 is 2.27 bits per heavy atom. The Labute approximate surface area is 239 Å². The SMILES string of the molecule is CNc1ccc(-c2ccc(C(=O)C(=O)Nc3cc(C(C)(C)C)cc(C(=O)NC4CC4)c3OC)c3ccccc23)cn1. The first-order valence-electron chi connectivity index (χ1n) is 13.7. The highest BCUT2D eigenvalue weighted by Crippen LogP contribution is 2.37. The third kappa shape index (κ3) is 5.77. The number of hydrogen-bond acceptors (Lipinski definition) is 6. The second-order valence-electron chi connectivity index (χ2n) is 11.3. The van der Waals surface area contributed by atoms with Crippen LogP contribution in [0.3, 0.4) is 0 Å². The van der Waals surface area contributed by atoms with Crippen LogP contribution in [-0.2, 0) is 10.2 Å². The Morgan fingerprint density at radius 1 is 0.927 bits per heavy atom. The highest BCUT2D eigenvalue weighted by molar-refractivity contribution is 6.48. The van der Waals surface area contributed by atoms with Gasteiger partial charge in [-0.3, -0.25) is 14.4 Å². The summed E-state index contributed by atoms with van der Waals surface area (Å²) in [4.78, 5) is 44.6. The number of benzene rings is 3. The quantitative estimate of drug-likeness (QED) is 0.184. The van der Waals surface area contributed by atoms with Crippen molar-refractivity contribution in [2.75, 3.05) is 24.8 Å². The number of ether oxygens (including phenoxy) is 1. The van der Waals surface area contributed by atoms with Gasteiger partial charge in [0.15, 0.2) is 5.75 Å². The van der Waals surface area contributed by atoms with Gasteiger partial charge in [0.2, 0.25) is 0 Å². The smallest absolute Gasteiger partial charge is 0.296 e. The van der Waals surface area contributed by atoms with Crippen LogP contribution in [0.25, 0.3) is 21.9 Å². The van der Waals surface area contributed by atoms with E-state index >= 15 is 0 Å². The summed E-state index contributed by atoms with van der Waals surface area (Å²) in [5.74, 6) is -0.809. The van der Waals surface area contributed by atoms with Gasteiger partial charge >= 0.3 is 0 Å². The predicted octanol–water partition coefficient (Wildman–Crippen LogP) is 5.96. The van der Waals surface area contributed by atoms with Crippen LogP contribution >= 0.6 is 0 Å². The van der Waals surface area contributed by atoms with Crippen molar-refractivity contribution in [3.05, 3.63) is 83.6 Å². The van der Waals surface area contributed by atoms with Crippen LogP contribution in [0.1, 0.15) is 59.9 Å². The number of carbonyl (C=O) groups is 3. The van der Waals surface area contributed by atoms with E-state index in [0.717, 1.165) is 40.7 Å². The molecule has 0 bridgehead atoms. The maximum absolute atomic E-state index is 13.6. The minimum absolute atomic E-state index is 0.151. The summed E-state index contributed by atoms with van der Waals surface area (Å²) < 4.78 is 5.61. The molecular weight excluding hydrogens is 516 g/mol. The average molecular weight is 551 g/mol. The number of pyridine rings is 1. The Balaban J connectivity index is 1.51. The van der Waals surface area contributed by atoms with Gasteiger partial charge in [0.1, 0.15) is 5.82 Å². The van der Waals surface area contributed by atoms with Gasteiger partial charge in [-0.1, -0.05) is 51.1 Å². The second kappa shape index (κ2) is 11.0. The number of methoxy groups -OCH3 is 1. The molecule has 1 fully saturated rings. The lowest BCUT2D eigenvalue weighted by molar-refractivity contribution is -0.112. The molecule has 5 rings (SSSR count). The van der Waals surface area contributed by atoms with Gasteiger partial charge in [0.25, 0.3) is 17.6 Å². The van der Waals surface area contributed by atoms with E-state index in [2.05, 4.69) is 20.9 Å². The normalized spacial score (nSPS) is 13.0. The molecule has 0 atom stereocenters. The van der Waals surface area contributed by atoms with Gasteiger partial charge < -0.3 is 20.7 Å². The van der Waals surface area contributed by atoms with Crippen molar-refractivity contribution < 1.29 is 19.1 Å². The molecule has 3 aromatic carbocycles. The van der Waals surface area contributed by atoms with Crippen LogP contribution in [0.15, 0.2) is 66.9 Å². The van der Waals surface area contributed by atoms with Gasteiger partial charge in [0, 0.05) is 30.4 Å². The molecule has 0 saturated heterocycles. The maximum atomic E-state index is 13.6. The lowest BCUT2D eigenvalue weighted by Gasteiger charge is -2.23. The van der Waals surface area contributed by atoms with E-state index in [4.69, 9.17) is 4.74 Å². The average Bonchev–Trinajstić information content (AvgIpc) is 3.79. The van der Waals surface area contributed by atoms with Gasteiger partial charge in [-0.2, -0.15) is 0 Å². The number of rotatable bonds is 8.